The molecule has 5 heteroatoms. The zero-order valence-corrected chi connectivity index (χ0v) is 13.0. The second kappa shape index (κ2) is 5.61. The summed E-state index contributed by atoms with van der Waals surface area (Å²) >= 11 is 3.55. The van der Waals surface area contributed by atoms with Gasteiger partial charge in [-0.2, -0.15) is 0 Å². The summed E-state index contributed by atoms with van der Waals surface area (Å²) in [4.78, 5) is 14.1. The quantitative estimate of drug-likeness (QED) is 0.856. The number of fused-ring (bicyclic) bond motifs is 1. The molecule has 2 rings (SSSR count). The number of halogens is 1. The summed E-state index contributed by atoms with van der Waals surface area (Å²) < 4.78 is 1.06. The van der Waals surface area contributed by atoms with Gasteiger partial charge >= 0.3 is 0 Å². The molecule has 3 N–H and O–H groups in total. The Balaban J connectivity index is 2.29. The minimum absolute atomic E-state index is 0.289. The van der Waals surface area contributed by atoms with Crippen molar-refractivity contribution in [2.24, 2.45) is 5.73 Å². The number of hydrogen-bond acceptors (Lipinski definition) is 3. The number of amides is 1. The van der Waals surface area contributed by atoms with E-state index in [4.69, 9.17) is 5.73 Å². The highest BCUT2D eigenvalue weighted by molar-refractivity contribution is 9.10. The first-order valence-electron chi connectivity index (χ1n) is 6.45. The number of likely N-dealkylation sites (N-methyl/N-ethyl adjacent to an activating group) is 1. The van der Waals surface area contributed by atoms with Crippen LogP contribution in [0, 0.1) is 0 Å². The van der Waals surface area contributed by atoms with Gasteiger partial charge in [-0.15, -0.1) is 0 Å². The second-order valence-corrected chi connectivity index (χ2v) is 6.12. The van der Waals surface area contributed by atoms with Crippen LogP contribution < -0.4 is 11.1 Å². The van der Waals surface area contributed by atoms with Crippen molar-refractivity contribution in [3.8, 4) is 0 Å². The Morgan fingerprint density at radius 3 is 2.89 bits per heavy atom. The Hall–Kier alpha value is -0.910. The fourth-order valence-corrected chi connectivity index (χ4v) is 3.24. The van der Waals surface area contributed by atoms with Gasteiger partial charge in [0, 0.05) is 17.6 Å². The summed E-state index contributed by atoms with van der Waals surface area (Å²) in [5, 5.41) is 3.37. The van der Waals surface area contributed by atoms with Crippen LogP contribution in [0.15, 0.2) is 22.7 Å². The highest BCUT2D eigenvalue weighted by atomic mass is 79.9. The van der Waals surface area contributed by atoms with Crippen molar-refractivity contribution in [2.45, 2.75) is 18.4 Å². The molecule has 1 unspecified atom stereocenters. The summed E-state index contributed by atoms with van der Waals surface area (Å²) in [6.07, 6.45) is 1.60. The Kier molecular flexibility index (Phi) is 4.28. The molecule has 1 amide bonds. The molecule has 19 heavy (non-hydrogen) atoms. The number of nitrogens with two attached hydrogens (primary N) is 1. The van der Waals surface area contributed by atoms with Gasteiger partial charge in [0.05, 0.1) is 0 Å². The van der Waals surface area contributed by atoms with Gasteiger partial charge in [0.25, 0.3) is 0 Å². The lowest BCUT2D eigenvalue weighted by atomic mass is 9.91. The van der Waals surface area contributed by atoms with E-state index in [1.807, 2.05) is 32.3 Å². The van der Waals surface area contributed by atoms with E-state index >= 15 is 0 Å². The molecule has 1 atom stereocenters. The number of benzene rings is 1. The van der Waals surface area contributed by atoms with Crippen LogP contribution in [0.2, 0.25) is 0 Å². The lowest BCUT2D eigenvalue weighted by molar-refractivity contribution is -0.124. The normalized spacial score (nSPS) is 21.7. The standard InChI is InChI=1S/C14H20BrN3O/c1-18(2)9-8-17-14(13(16)19)7-6-10-11(14)4-3-5-12(10)15/h3-5,17H,6-9H2,1-2H3,(H2,16,19). The molecule has 0 radical (unpaired) electrons. The van der Waals surface area contributed by atoms with Crippen LogP contribution in [0.1, 0.15) is 17.5 Å². The van der Waals surface area contributed by atoms with Gasteiger partial charge in [-0.05, 0) is 44.1 Å². The van der Waals surface area contributed by atoms with E-state index in [1.54, 1.807) is 0 Å². The number of hydrogen-bond donors (Lipinski definition) is 2. The van der Waals surface area contributed by atoms with Crippen LogP contribution in [-0.2, 0) is 16.8 Å². The third kappa shape index (κ3) is 2.68. The summed E-state index contributed by atoms with van der Waals surface area (Å²) in [7, 11) is 4.02. The molecule has 0 bridgehead atoms. The van der Waals surface area contributed by atoms with Crippen molar-refractivity contribution in [3.05, 3.63) is 33.8 Å². The summed E-state index contributed by atoms with van der Waals surface area (Å²) in [5.74, 6) is -0.289. The Bertz CT molecular complexity index is 490. The number of carbonyl (C=O) groups is 1. The van der Waals surface area contributed by atoms with Gasteiger partial charge < -0.3 is 10.6 Å². The molecule has 1 aliphatic rings. The molecule has 1 aliphatic carbocycles. The smallest absolute Gasteiger partial charge is 0.242 e. The molecule has 104 valence electrons. The van der Waals surface area contributed by atoms with Gasteiger partial charge in [-0.25, -0.2) is 0 Å². The third-order valence-electron chi connectivity index (χ3n) is 3.74. The first kappa shape index (κ1) is 14.5. The zero-order valence-electron chi connectivity index (χ0n) is 11.4. The van der Waals surface area contributed by atoms with E-state index in [1.165, 1.54) is 5.56 Å². The number of primary amides is 1. The molecule has 1 aromatic carbocycles. The Morgan fingerprint density at radius 1 is 1.53 bits per heavy atom. The van der Waals surface area contributed by atoms with Gasteiger partial charge in [0.2, 0.25) is 5.91 Å². The van der Waals surface area contributed by atoms with Gasteiger partial charge in [0.1, 0.15) is 5.54 Å². The minimum atomic E-state index is -0.713. The van der Waals surface area contributed by atoms with Crippen LogP contribution >= 0.6 is 15.9 Å². The topological polar surface area (TPSA) is 58.4 Å². The molecule has 0 fully saturated rings. The maximum atomic E-state index is 12.0. The average Bonchev–Trinajstić information content (AvgIpc) is 2.71. The molecular weight excluding hydrogens is 306 g/mol. The zero-order chi connectivity index (χ0) is 14.0. The molecule has 0 saturated carbocycles. The summed E-state index contributed by atoms with van der Waals surface area (Å²) in [6.45, 7) is 1.61. The highest BCUT2D eigenvalue weighted by Gasteiger charge is 2.44. The van der Waals surface area contributed by atoms with E-state index in [0.29, 0.717) is 0 Å². The molecular formula is C14H20BrN3O. The molecule has 0 aliphatic heterocycles. The van der Waals surface area contributed by atoms with Crippen LogP contribution in [0.4, 0.5) is 0 Å². The van der Waals surface area contributed by atoms with Gasteiger partial charge in [-0.1, -0.05) is 28.1 Å². The number of carbonyl (C=O) groups excluding carboxylic acids is 1. The SMILES string of the molecule is CN(C)CCNC1(C(N)=O)CCc2c(Br)cccc21. The van der Waals surface area contributed by atoms with Gasteiger partial charge in [0.15, 0.2) is 0 Å². The lowest BCUT2D eigenvalue weighted by Crippen LogP contribution is -2.52. The molecule has 0 saturated heterocycles. The maximum absolute atomic E-state index is 12.0. The number of rotatable bonds is 5. The van der Waals surface area contributed by atoms with Crippen molar-refractivity contribution in [1.82, 2.24) is 10.2 Å². The second-order valence-electron chi connectivity index (χ2n) is 5.27. The Labute approximate surface area is 122 Å². The van der Waals surface area contributed by atoms with E-state index in [-0.39, 0.29) is 5.91 Å². The monoisotopic (exact) mass is 325 g/mol. The molecule has 0 aromatic heterocycles. The minimum Gasteiger partial charge on any atom is -0.368 e. The summed E-state index contributed by atoms with van der Waals surface area (Å²) in [5.41, 5.74) is 7.19. The highest BCUT2D eigenvalue weighted by Crippen LogP contribution is 2.40. The van der Waals surface area contributed by atoms with E-state index in [0.717, 1.165) is 36.0 Å². The fraction of sp³-hybridized carbons (Fsp3) is 0.500. The maximum Gasteiger partial charge on any atom is 0.242 e. The number of nitrogens with one attached hydrogen (secondary N) is 1. The van der Waals surface area contributed by atoms with Crippen LogP contribution in [-0.4, -0.2) is 38.0 Å². The average molecular weight is 326 g/mol. The third-order valence-corrected chi connectivity index (χ3v) is 4.48. The van der Waals surface area contributed by atoms with Crippen LogP contribution in [0.25, 0.3) is 0 Å². The lowest BCUT2D eigenvalue weighted by Gasteiger charge is -2.29. The fourth-order valence-electron chi connectivity index (χ4n) is 2.68. The molecule has 0 heterocycles. The van der Waals surface area contributed by atoms with Crippen LogP contribution in [0.3, 0.4) is 0 Å². The predicted molar refractivity (Wildman–Crippen MR) is 79.9 cm³/mol. The van der Waals surface area contributed by atoms with Gasteiger partial charge in [-0.3, -0.25) is 10.1 Å². The van der Waals surface area contributed by atoms with Crippen molar-refractivity contribution >= 4 is 21.8 Å². The predicted octanol–water partition coefficient (Wildman–Crippen LogP) is 1.23. The van der Waals surface area contributed by atoms with Crippen molar-refractivity contribution in [2.75, 3.05) is 27.2 Å². The first-order valence-corrected chi connectivity index (χ1v) is 7.24. The van der Waals surface area contributed by atoms with Crippen molar-refractivity contribution in [3.63, 3.8) is 0 Å². The largest absolute Gasteiger partial charge is 0.368 e. The Morgan fingerprint density at radius 2 is 2.26 bits per heavy atom. The van der Waals surface area contributed by atoms with Crippen molar-refractivity contribution < 1.29 is 4.79 Å². The van der Waals surface area contributed by atoms with E-state index < -0.39 is 5.54 Å². The first-order chi connectivity index (χ1) is 8.97. The summed E-state index contributed by atoms with van der Waals surface area (Å²) in [6, 6.07) is 5.97. The number of nitrogens with zero attached hydrogens (tertiary/aromatic N) is 1. The van der Waals surface area contributed by atoms with E-state index in [9.17, 15) is 4.79 Å². The molecule has 1 aromatic rings. The molecule has 4 nitrogen and oxygen atoms in total. The van der Waals surface area contributed by atoms with Crippen molar-refractivity contribution in [1.29, 1.82) is 0 Å². The molecule has 0 spiro atoms. The van der Waals surface area contributed by atoms with Crippen LogP contribution in [0.5, 0.6) is 0 Å². The van der Waals surface area contributed by atoms with E-state index in [2.05, 4.69) is 26.1 Å².